The van der Waals surface area contributed by atoms with Crippen LogP contribution in [0.15, 0.2) is 47.8 Å². The highest BCUT2D eigenvalue weighted by Crippen LogP contribution is 2.24. The number of benzene rings is 1. The minimum absolute atomic E-state index is 0.216. The Balaban J connectivity index is 1.74. The molecule has 150 valence electrons. The van der Waals surface area contributed by atoms with Gasteiger partial charge in [0.25, 0.3) is 11.8 Å². The molecule has 0 aliphatic rings. The van der Waals surface area contributed by atoms with Crippen LogP contribution in [0, 0.1) is 13.8 Å². The van der Waals surface area contributed by atoms with E-state index in [1.807, 2.05) is 48.7 Å². The molecule has 3 N–H and O–H groups in total. The van der Waals surface area contributed by atoms with E-state index in [9.17, 15) is 14.4 Å². The number of rotatable bonds is 6. The maximum absolute atomic E-state index is 12.7. The number of hydrogen-bond acceptors (Lipinski definition) is 5. The highest BCUT2D eigenvalue weighted by molar-refractivity contribution is 7.14. The maximum atomic E-state index is 12.7. The van der Waals surface area contributed by atoms with E-state index in [-0.39, 0.29) is 5.56 Å². The number of carbonyl (C=O) groups is 3. The lowest BCUT2D eigenvalue weighted by Crippen LogP contribution is -2.30. The summed E-state index contributed by atoms with van der Waals surface area (Å²) in [5.41, 5.74) is 8.42. The Hall–Kier alpha value is -3.39. The Morgan fingerprint density at radius 1 is 1.10 bits per heavy atom. The summed E-state index contributed by atoms with van der Waals surface area (Å²) in [6, 6.07) is 12.9. The van der Waals surface area contributed by atoms with Crippen molar-refractivity contribution in [3.8, 4) is 5.69 Å². The smallest absolute Gasteiger partial charge is 0.340 e. The summed E-state index contributed by atoms with van der Waals surface area (Å²) in [6.45, 7) is 5.20. The number of anilines is 1. The fraction of sp³-hybridized carbons (Fsp3) is 0.190. The van der Waals surface area contributed by atoms with Crippen molar-refractivity contribution in [1.29, 1.82) is 0 Å². The van der Waals surface area contributed by atoms with Gasteiger partial charge in [0, 0.05) is 17.1 Å². The van der Waals surface area contributed by atoms with Crippen LogP contribution in [0.4, 0.5) is 5.00 Å². The Morgan fingerprint density at radius 3 is 2.45 bits per heavy atom. The standard InChI is InChI=1S/C21H21N3O4S/c1-12-11-17(13(2)24(12)15-7-5-4-6-8-15)21(27)28-14(3)19(26)23-20-16(18(22)25)9-10-29-20/h4-11,14H,1-3H3,(H2,22,25)(H,23,26). The van der Waals surface area contributed by atoms with Gasteiger partial charge in [-0.05, 0) is 50.4 Å². The highest BCUT2D eigenvalue weighted by atomic mass is 32.1. The van der Waals surface area contributed by atoms with Gasteiger partial charge in [0.05, 0.1) is 11.1 Å². The van der Waals surface area contributed by atoms with Crippen molar-refractivity contribution in [3.05, 3.63) is 70.4 Å². The summed E-state index contributed by atoms with van der Waals surface area (Å²) in [5.74, 6) is -1.77. The lowest BCUT2D eigenvalue weighted by Gasteiger charge is -2.14. The molecule has 0 aliphatic heterocycles. The van der Waals surface area contributed by atoms with Gasteiger partial charge in [0.1, 0.15) is 5.00 Å². The first-order chi connectivity index (χ1) is 13.8. The van der Waals surface area contributed by atoms with E-state index in [1.54, 1.807) is 11.4 Å². The Bertz CT molecular complexity index is 1070. The number of nitrogens with one attached hydrogen (secondary N) is 1. The number of nitrogens with two attached hydrogens (primary N) is 1. The fourth-order valence-corrected chi connectivity index (χ4v) is 3.83. The zero-order valence-corrected chi connectivity index (χ0v) is 17.1. The number of nitrogens with zero attached hydrogens (tertiary/aromatic N) is 1. The average Bonchev–Trinajstić information content (AvgIpc) is 3.26. The van der Waals surface area contributed by atoms with Gasteiger partial charge in [-0.15, -0.1) is 11.3 Å². The topological polar surface area (TPSA) is 103 Å². The van der Waals surface area contributed by atoms with E-state index in [1.165, 1.54) is 24.3 Å². The number of aromatic nitrogens is 1. The minimum atomic E-state index is -1.05. The molecule has 0 fully saturated rings. The third-order valence-electron chi connectivity index (χ3n) is 4.49. The van der Waals surface area contributed by atoms with Crippen molar-refractivity contribution < 1.29 is 19.1 Å². The van der Waals surface area contributed by atoms with Crippen molar-refractivity contribution in [2.24, 2.45) is 5.73 Å². The van der Waals surface area contributed by atoms with Crippen LogP contribution >= 0.6 is 11.3 Å². The number of carbonyl (C=O) groups excluding carboxylic acids is 3. The van der Waals surface area contributed by atoms with Crippen molar-refractivity contribution >= 4 is 34.1 Å². The normalized spacial score (nSPS) is 11.7. The Morgan fingerprint density at radius 2 is 1.79 bits per heavy atom. The van der Waals surface area contributed by atoms with Gasteiger partial charge in [-0.3, -0.25) is 9.59 Å². The van der Waals surface area contributed by atoms with Crippen molar-refractivity contribution in [3.63, 3.8) is 0 Å². The molecule has 3 aromatic rings. The molecule has 1 atom stereocenters. The second-order valence-corrected chi connectivity index (χ2v) is 7.44. The monoisotopic (exact) mass is 411 g/mol. The molecule has 0 saturated carbocycles. The maximum Gasteiger partial charge on any atom is 0.340 e. The van der Waals surface area contributed by atoms with Crippen LogP contribution in [0.2, 0.25) is 0 Å². The van der Waals surface area contributed by atoms with E-state index in [4.69, 9.17) is 10.5 Å². The molecule has 0 aliphatic carbocycles. The van der Waals surface area contributed by atoms with Crippen LogP contribution in [0.1, 0.15) is 39.0 Å². The van der Waals surface area contributed by atoms with E-state index in [0.29, 0.717) is 10.6 Å². The fourth-order valence-electron chi connectivity index (χ4n) is 3.04. The lowest BCUT2D eigenvalue weighted by atomic mass is 10.2. The van der Waals surface area contributed by atoms with Crippen LogP contribution in [0.25, 0.3) is 5.69 Å². The zero-order valence-electron chi connectivity index (χ0n) is 16.3. The number of aryl methyl sites for hydroxylation is 1. The lowest BCUT2D eigenvalue weighted by molar-refractivity contribution is -0.123. The average molecular weight is 411 g/mol. The zero-order chi connectivity index (χ0) is 21.1. The number of para-hydroxylation sites is 1. The van der Waals surface area contributed by atoms with Gasteiger partial charge in [0.2, 0.25) is 0 Å². The number of thiophene rings is 1. The first-order valence-corrected chi connectivity index (χ1v) is 9.81. The molecule has 0 spiro atoms. The van der Waals surface area contributed by atoms with Gasteiger partial charge < -0.3 is 20.4 Å². The largest absolute Gasteiger partial charge is 0.449 e. The molecule has 1 aromatic carbocycles. The van der Waals surface area contributed by atoms with Gasteiger partial charge in [-0.2, -0.15) is 0 Å². The summed E-state index contributed by atoms with van der Waals surface area (Å²) in [6.07, 6.45) is -1.05. The van der Waals surface area contributed by atoms with E-state index in [2.05, 4.69) is 5.32 Å². The summed E-state index contributed by atoms with van der Waals surface area (Å²) in [4.78, 5) is 36.4. The first-order valence-electron chi connectivity index (χ1n) is 8.93. The third kappa shape index (κ3) is 4.22. The van der Waals surface area contributed by atoms with Crippen molar-refractivity contribution in [2.75, 3.05) is 5.32 Å². The van der Waals surface area contributed by atoms with Gasteiger partial charge in [-0.25, -0.2) is 4.79 Å². The van der Waals surface area contributed by atoms with E-state index >= 15 is 0 Å². The predicted octanol–water partition coefficient (Wildman–Crippen LogP) is 3.44. The molecular weight excluding hydrogens is 390 g/mol. The van der Waals surface area contributed by atoms with E-state index < -0.39 is 23.9 Å². The Kier molecular flexibility index (Phi) is 5.84. The van der Waals surface area contributed by atoms with Crippen LogP contribution in [-0.4, -0.2) is 28.5 Å². The van der Waals surface area contributed by atoms with Gasteiger partial charge in [0.15, 0.2) is 6.10 Å². The Labute approximate surface area is 172 Å². The van der Waals surface area contributed by atoms with Gasteiger partial charge >= 0.3 is 5.97 Å². The molecule has 0 bridgehead atoms. The molecule has 2 amide bonds. The highest BCUT2D eigenvalue weighted by Gasteiger charge is 2.24. The molecule has 0 radical (unpaired) electrons. The van der Waals surface area contributed by atoms with E-state index in [0.717, 1.165) is 17.1 Å². The number of amides is 2. The molecule has 7 nitrogen and oxygen atoms in total. The number of esters is 1. The van der Waals surface area contributed by atoms with Crippen LogP contribution < -0.4 is 11.1 Å². The summed E-state index contributed by atoms with van der Waals surface area (Å²) < 4.78 is 7.31. The summed E-state index contributed by atoms with van der Waals surface area (Å²) in [7, 11) is 0. The van der Waals surface area contributed by atoms with Crippen LogP contribution in [-0.2, 0) is 9.53 Å². The molecule has 1 unspecified atom stereocenters. The quantitative estimate of drug-likeness (QED) is 0.606. The summed E-state index contributed by atoms with van der Waals surface area (Å²) >= 11 is 1.17. The number of ether oxygens (including phenoxy) is 1. The van der Waals surface area contributed by atoms with Crippen LogP contribution in [0.5, 0.6) is 0 Å². The first kappa shape index (κ1) is 20.3. The number of hydrogen-bond donors (Lipinski definition) is 2. The van der Waals surface area contributed by atoms with Crippen LogP contribution in [0.3, 0.4) is 0 Å². The molecular formula is C21H21N3O4S. The predicted molar refractivity (Wildman–Crippen MR) is 112 cm³/mol. The molecule has 2 aromatic heterocycles. The van der Waals surface area contributed by atoms with Gasteiger partial charge in [-0.1, -0.05) is 18.2 Å². The molecule has 2 heterocycles. The SMILES string of the molecule is Cc1cc(C(=O)OC(C)C(=O)Nc2sccc2C(N)=O)c(C)n1-c1ccccc1. The summed E-state index contributed by atoms with van der Waals surface area (Å²) in [5, 5.41) is 4.55. The molecule has 0 saturated heterocycles. The van der Waals surface area contributed by atoms with Crippen molar-refractivity contribution in [1.82, 2.24) is 4.57 Å². The third-order valence-corrected chi connectivity index (χ3v) is 5.32. The van der Waals surface area contributed by atoms with Crippen molar-refractivity contribution in [2.45, 2.75) is 26.9 Å². The molecule has 3 rings (SSSR count). The second-order valence-electron chi connectivity index (χ2n) is 6.52. The minimum Gasteiger partial charge on any atom is -0.449 e. The second kappa shape index (κ2) is 8.32. The number of primary amides is 1. The molecule has 8 heteroatoms. The molecule has 29 heavy (non-hydrogen) atoms.